The number of nitrogens with zero attached hydrogens (tertiary/aromatic N) is 3. The summed E-state index contributed by atoms with van der Waals surface area (Å²) < 4.78 is 32.4. The van der Waals surface area contributed by atoms with E-state index >= 15 is 0 Å². The first kappa shape index (κ1) is 20.3. The maximum atomic E-state index is 12.6. The molecule has 0 saturated carbocycles. The number of hydrogen-bond acceptors (Lipinski definition) is 5. The summed E-state index contributed by atoms with van der Waals surface area (Å²) in [6, 6.07) is 9.20. The molecule has 2 fully saturated rings. The standard InChI is InChI=1S/C19H29N3O4S/c1-16-12-20(13-17(2)26-16)14-19(23)21-8-10-22(11-9-21)27(24,25)15-18-6-4-3-5-7-18/h3-7,16-17H,8-15H2,1-2H3/t16-,17+. The lowest BCUT2D eigenvalue weighted by molar-refractivity contribution is -0.137. The van der Waals surface area contributed by atoms with E-state index in [1.165, 1.54) is 4.31 Å². The van der Waals surface area contributed by atoms with Crippen LogP contribution in [0, 0.1) is 0 Å². The van der Waals surface area contributed by atoms with Gasteiger partial charge >= 0.3 is 0 Å². The van der Waals surface area contributed by atoms with Crippen molar-refractivity contribution in [2.75, 3.05) is 45.8 Å². The van der Waals surface area contributed by atoms with E-state index in [1.807, 2.05) is 44.2 Å². The highest BCUT2D eigenvalue weighted by Gasteiger charge is 2.30. The zero-order valence-electron chi connectivity index (χ0n) is 16.1. The Morgan fingerprint density at radius 3 is 2.22 bits per heavy atom. The molecule has 0 aliphatic carbocycles. The summed E-state index contributed by atoms with van der Waals surface area (Å²) in [5, 5.41) is 0. The molecule has 0 spiro atoms. The third-order valence-corrected chi connectivity index (χ3v) is 6.88. The number of hydrogen-bond donors (Lipinski definition) is 0. The van der Waals surface area contributed by atoms with Crippen molar-refractivity contribution in [3.63, 3.8) is 0 Å². The topological polar surface area (TPSA) is 70.2 Å². The molecule has 2 saturated heterocycles. The van der Waals surface area contributed by atoms with Crippen LogP contribution in [0.2, 0.25) is 0 Å². The number of carbonyl (C=O) groups excluding carboxylic acids is 1. The molecule has 7 nitrogen and oxygen atoms in total. The highest BCUT2D eigenvalue weighted by Crippen LogP contribution is 2.15. The van der Waals surface area contributed by atoms with Gasteiger partial charge in [0.2, 0.25) is 15.9 Å². The molecule has 0 unspecified atom stereocenters. The van der Waals surface area contributed by atoms with Crippen molar-refractivity contribution in [2.24, 2.45) is 0 Å². The molecular formula is C19H29N3O4S. The van der Waals surface area contributed by atoms with Gasteiger partial charge in [0.15, 0.2) is 0 Å². The summed E-state index contributed by atoms with van der Waals surface area (Å²) in [6.45, 7) is 7.52. The number of amides is 1. The van der Waals surface area contributed by atoms with E-state index in [4.69, 9.17) is 4.74 Å². The molecule has 0 N–H and O–H groups in total. The Kier molecular flexibility index (Phi) is 6.52. The van der Waals surface area contributed by atoms with Gasteiger partial charge in [0.1, 0.15) is 0 Å². The summed E-state index contributed by atoms with van der Waals surface area (Å²) in [5.41, 5.74) is 0.784. The molecule has 0 bridgehead atoms. The second-order valence-electron chi connectivity index (χ2n) is 7.47. The first-order valence-electron chi connectivity index (χ1n) is 9.51. The fraction of sp³-hybridized carbons (Fsp3) is 0.632. The van der Waals surface area contributed by atoms with Gasteiger partial charge in [-0.15, -0.1) is 0 Å². The van der Waals surface area contributed by atoms with Crippen LogP contribution in [0.15, 0.2) is 30.3 Å². The molecule has 3 rings (SSSR count). The SMILES string of the molecule is C[C@@H]1CN(CC(=O)N2CCN(S(=O)(=O)Cc3ccccc3)CC2)C[C@H](C)O1. The van der Waals surface area contributed by atoms with Crippen molar-refractivity contribution < 1.29 is 17.9 Å². The van der Waals surface area contributed by atoms with Crippen LogP contribution in [0.25, 0.3) is 0 Å². The Bertz CT molecular complexity index is 723. The van der Waals surface area contributed by atoms with Crippen LogP contribution >= 0.6 is 0 Å². The quantitative estimate of drug-likeness (QED) is 0.737. The molecule has 0 aromatic heterocycles. The van der Waals surface area contributed by atoms with Gasteiger partial charge in [-0.25, -0.2) is 8.42 Å². The Hall–Kier alpha value is -1.48. The second-order valence-corrected chi connectivity index (χ2v) is 9.44. The number of sulfonamides is 1. The van der Waals surface area contributed by atoms with Crippen LogP contribution in [0.4, 0.5) is 0 Å². The van der Waals surface area contributed by atoms with Crippen molar-refractivity contribution in [1.82, 2.24) is 14.1 Å². The molecule has 27 heavy (non-hydrogen) atoms. The summed E-state index contributed by atoms with van der Waals surface area (Å²) in [5.74, 6) is 0.0714. The fourth-order valence-corrected chi connectivity index (χ4v) is 5.31. The lowest BCUT2D eigenvalue weighted by atomic mass is 10.2. The van der Waals surface area contributed by atoms with Crippen LogP contribution in [0.3, 0.4) is 0 Å². The molecule has 2 atom stereocenters. The normalized spacial score (nSPS) is 25.5. The van der Waals surface area contributed by atoms with Gasteiger partial charge in [-0.3, -0.25) is 9.69 Å². The van der Waals surface area contributed by atoms with Gasteiger partial charge in [0, 0.05) is 39.3 Å². The summed E-state index contributed by atoms with van der Waals surface area (Å²) >= 11 is 0. The molecule has 2 heterocycles. The first-order chi connectivity index (χ1) is 12.8. The van der Waals surface area contributed by atoms with Crippen LogP contribution in [0.1, 0.15) is 19.4 Å². The van der Waals surface area contributed by atoms with E-state index < -0.39 is 10.0 Å². The van der Waals surface area contributed by atoms with Crippen LogP contribution < -0.4 is 0 Å². The van der Waals surface area contributed by atoms with E-state index in [0.717, 1.165) is 18.7 Å². The highest BCUT2D eigenvalue weighted by molar-refractivity contribution is 7.88. The number of morpholine rings is 1. The minimum atomic E-state index is -3.36. The Morgan fingerprint density at radius 2 is 1.63 bits per heavy atom. The van der Waals surface area contributed by atoms with Crippen LogP contribution in [0.5, 0.6) is 0 Å². The number of carbonyl (C=O) groups is 1. The number of benzene rings is 1. The molecule has 0 radical (unpaired) electrons. The predicted molar refractivity (Wildman–Crippen MR) is 104 cm³/mol. The minimum absolute atomic E-state index is 0.00530. The maximum absolute atomic E-state index is 12.6. The highest BCUT2D eigenvalue weighted by atomic mass is 32.2. The molecule has 150 valence electrons. The molecule has 1 aromatic carbocycles. The lowest BCUT2D eigenvalue weighted by Crippen LogP contribution is -2.54. The number of rotatable bonds is 5. The van der Waals surface area contributed by atoms with Crippen molar-refractivity contribution >= 4 is 15.9 Å². The van der Waals surface area contributed by atoms with E-state index in [-0.39, 0.29) is 23.9 Å². The molecule has 8 heteroatoms. The third-order valence-electron chi connectivity index (χ3n) is 5.03. The Morgan fingerprint density at radius 1 is 1.04 bits per heavy atom. The van der Waals surface area contributed by atoms with Gasteiger partial charge in [0.05, 0.1) is 24.5 Å². The molecule has 2 aliphatic rings. The summed E-state index contributed by atoms with van der Waals surface area (Å²) in [4.78, 5) is 16.5. The van der Waals surface area contributed by atoms with Gasteiger partial charge in [-0.05, 0) is 19.4 Å². The van der Waals surface area contributed by atoms with Crippen molar-refractivity contribution in [1.29, 1.82) is 0 Å². The van der Waals surface area contributed by atoms with Crippen molar-refractivity contribution in [2.45, 2.75) is 31.8 Å². The third kappa shape index (κ3) is 5.51. The second kappa shape index (κ2) is 8.68. The minimum Gasteiger partial charge on any atom is -0.373 e. The van der Waals surface area contributed by atoms with E-state index in [0.29, 0.717) is 32.7 Å². The molecule has 1 amide bonds. The van der Waals surface area contributed by atoms with E-state index in [1.54, 1.807) is 4.90 Å². The Balaban J connectivity index is 1.50. The van der Waals surface area contributed by atoms with Gasteiger partial charge in [-0.1, -0.05) is 30.3 Å². The maximum Gasteiger partial charge on any atom is 0.236 e. The van der Waals surface area contributed by atoms with Gasteiger partial charge in [0.25, 0.3) is 0 Å². The van der Waals surface area contributed by atoms with Crippen LogP contribution in [-0.4, -0.2) is 86.5 Å². The lowest BCUT2D eigenvalue weighted by Gasteiger charge is -2.38. The average Bonchev–Trinajstić information content (AvgIpc) is 2.61. The zero-order valence-corrected chi connectivity index (χ0v) is 16.9. The monoisotopic (exact) mass is 395 g/mol. The smallest absolute Gasteiger partial charge is 0.236 e. The first-order valence-corrected chi connectivity index (χ1v) is 11.1. The van der Waals surface area contributed by atoms with Crippen molar-refractivity contribution in [3.8, 4) is 0 Å². The zero-order chi connectivity index (χ0) is 19.4. The van der Waals surface area contributed by atoms with E-state index in [2.05, 4.69) is 4.90 Å². The predicted octanol–water partition coefficient (Wildman–Crippen LogP) is 0.770. The van der Waals surface area contributed by atoms with Gasteiger partial charge in [-0.2, -0.15) is 4.31 Å². The largest absolute Gasteiger partial charge is 0.373 e. The molecular weight excluding hydrogens is 366 g/mol. The summed E-state index contributed by atoms with van der Waals surface area (Å²) in [7, 11) is -3.36. The van der Waals surface area contributed by atoms with Crippen molar-refractivity contribution in [3.05, 3.63) is 35.9 Å². The number of piperazine rings is 1. The fourth-order valence-electron chi connectivity index (χ4n) is 3.80. The average molecular weight is 396 g/mol. The Labute approximate surface area is 161 Å². The summed E-state index contributed by atoms with van der Waals surface area (Å²) in [6.07, 6.45) is 0.253. The molecule has 2 aliphatic heterocycles. The van der Waals surface area contributed by atoms with Crippen LogP contribution in [-0.2, 0) is 25.3 Å². The molecule has 1 aromatic rings. The van der Waals surface area contributed by atoms with Gasteiger partial charge < -0.3 is 9.64 Å². The number of ether oxygens (including phenoxy) is 1. The van der Waals surface area contributed by atoms with E-state index in [9.17, 15) is 13.2 Å².